The molecule has 2 rings (SSSR count). The number of benzene rings is 2. The van der Waals surface area contributed by atoms with Crippen LogP contribution in [-0.2, 0) is 0 Å². The molecule has 0 fully saturated rings. The highest BCUT2D eigenvalue weighted by Crippen LogP contribution is 2.35. The molecular weight excluding hydrogens is 320 g/mol. The highest BCUT2D eigenvalue weighted by Gasteiger charge is 2.03. The van der Waals surface area contributed by atoms with Gasteiger partial charge in [0.15, 0.2) is 0 Å². The Bertz CT molecular complexity index is 513. The van der Waals surface area contributed by atoms with Gasteiger partial charge in [-0.3, -0.25) is 0 Å². The van der Waals surface area contributed by atoms with E-state index in [1.54, 1.807) is 18.9 Å². The van der Waals surface area contributed by atoms with Gasteiger partial charge in [0.2, 0.25) is 0 Å². The minimum Gasteiger partial charge on any atom is -0.497 e. The molecule has 0 aliphatic rings. The lowest BCUT2D eigenvalue weighted by molar-refractivity contribution is 0.414. The molecular formula is C13H10BrClOS. The Morgan fingerprint density at radius 3 is 2.41 bits per heavy atom. The van der Waals surface area contributed by atoms with E-state index in [9.17, 15) is 0 Å². The average molecular weight is 330 g/mol. The Labute approximate surface area is 118 Å². The molecule has 0 bridgehead atoms. The molecule has 0 radical (unpaired) electrons. The zero-order chi connectivity index (χ0) is 12.3. The molecule has 0 atom stereocenters. The van der Waals surface area contributed by atoms with Crippen LogP contribution in [0.1, 0.15) is 0 Å². The first-order valence-electron chi connectivity index (χ1n) is 4.96. The monoisotopic (exact) mass is 328 g/mol. The van der Waals surface area contributed by atoms with Gasteiger partial charge in [-0.15, -0.1) is 0 Å². The first-order valence-corrected chi connectivity index (χ1v) is 6.95. The van der Waals surface area contributed by atoms with E-state index >= 15 is 0 Å². The molecule has 88 valence electrons. The van der Waals surface area contributed by atoms with Gasteiger partial charge in [0.1, 0.15) is 5.75 Å². The van der Waals surface area contributed by atoms with E-state index in [0.29, 0.717) is 0 Å². The van der Waals surface area contributed by atoms with Gasteiger partial charge in [0.05, 0.1) is 12.1 Å². The van der Waals surface area contributed by atoms with Crippen molar-refractivity contribution in [1.29, 1.82) is 0 Å². The molecule has 0 N–H and O–H groups in total. The number of ether oxygens (including phenoxy) is 1. The number of methoxy groups -OCH3 is 1. The van der Waals surface area contributed by atoms with E-state index in [1.165, 1.54) is 0 Å². The van der Waals surface area contributed by atoms with E-state index in [-0.39, 0.29) is 0 Å². The first kappa shape index (κ1) is 12.8. The molecule has 4 heteroatoms. The summed E-state index contributed by atoms with van der Waals surface area (Å²) in [6.07, 6.45) is 0. The lowest BCUT2D eigenvalue weighted by Gasteiger charge is -2.05. The Kier molecular flexibility index (Phi) is 4.37. The topological polar surface area (TPSA) is 9.23 Å². The average Bonchev–Trinajstić information content (AvgIpc) is 2.34. The van der Waals surface area contributed by atoms with E-state index in [1.807, 2.05) is 42.5 Å². The minimum absolute atomic E-state index is 0.750. The predicted molar refractivity (Wildman–Crippen MR) is 76.3 cm³/mol. The van der Waals surface area contributed by atoms with Gasteiger partial charge < -0.3 is 4.74 Å². The lowest BCUT2D eigenvalue weighted by Crippen LogP contribution is -1.81. The molecule has 1 nitrogen and oxygen atoms in total. The quantitative estimate of drug-likeness (QED) is 0.759. The third kappa shape index (κ3) is 3.41. The van der Waals surface area contributed by atoms with Crippen LogP contribution in [0.5, 0.6) is 5.75 Å². The second-order valence-electron chi connectivity index (χ2n) is 3.35. The molecule has 0 aliphatic heterocycles. The SMILES string of the molecule is COc1ccc(Sc2ccc(Br)cc2Cl)cc1. The van der Waals surface area contributed by atoms with Crippen LogP contribution in [0.4, 0.5) is 0 Å². The zero-order valence-electron chi connectivity index (χ0n) is 9.11. The molecule has 2 aromatic carbocycles. The summed E-state index contributed by atoms with van der Waals surface area (Å²) < 4.78 is 6.10. The molecule has 2 aromatic rings. The summed E-state index contributed by atoms with van der Waals surface area (Å²) in [5.74, 6) is 0.858. The van der Waals surface area contributed by atoms with Crippen LogP contribution in [0.15, 0.2) is 56.7 Å². The van der Waals surface area contributed by atoms with Gasteiger partial charge >= 0.3 is 0 Å². The molecule has 0 unspecified atom stereocenters. The second-order valence-corrected chi connectivity index (χ2v) is 5.79. The summed E-state index contributed by atoms with van der Waals surface area (Å²) in [5, 5.41) is 0.750. The summed E-state index contributed by atoms with van der Waals surface area (Å²) in [6.45, 7) is 0. The van der Waals surface area contributed by atoms with Crippen molar-refractivity contribution in [2.45, 2.75) is 9.79 Å². The Hall–Kier alpha value is -0.640. The van der Waals surface area contributed by atoms with Crippen LogP contribution in [-0.4, -0.2) is 7.11 Å². The van der Waals surface area contributed by atoms with Crippen LogP contribution in [0.25, 0.3) is 0 Å². The fourth-order valence-corrected chi connectivity index (χ4v) is 2.94. The van der Waals surface area contributed by atoms with Crippen molar-refractivity contribution in [2.75, 3.05) is 7.11 Å². The van der Waals surface area contributed by atoms with Gasteiger partial charge in [0, 0.05) is 14.3 Å². The highest BCUT2D eigenvalue weighted by molar-refractivity contribution is 9.10. The number of hydrogen-bond donors (Lipinski definition) is 0. The minimum atomic E-state index is 0.750. The van der Waals surface area contributed by atoms with Crippen molar-refractivity contribution in [3.63, 3.8) is 0 Å². The van der Waals surface area contributed by atoms with E-state index in [0.717, 1.165) is 25.0 Å². The fraction of sp³-hybridized carbons (Fsp3) is 0.0769. The van der Waals surface area contributed by atoms with Gasteiger partial charge in [-0.05, 0) is 42.5 Å². The molecule has 0 heterocycles. The van der Waals surface area contributed by atoms with Gasteiger partial charge in [-0.25, -0.2) is 0 Å². The number of hydrogen-bond acceptors (Lipinski definition) is 2. The third-order valence-electron chi connectivity index (χ3n) is 2.18. The van der Waals surface area contributed by atoms with Crippen molar-refractivity contribution in [3.8, 4) is 5.75 Å². The van der Waals surface area contributed by atoms with Gasteiger partial charge in [-0.2, -0.15) is 0 Å². The number of halogens is 2. The smallest absolute Gasteiger partial charge is 0.118 e. The standard InChI is InChI=1S/C13H10BrClOS/c1-16-10-3-5-11(6-4-10)17-13-7-2-9(14)8-12(13)15/h2-8H,1H3. The molecule has 17 heavy (non-hydrogen) atoms. The van der Waals surface area contributed by atoms with Crippen LogP contribution in [0, 0.1) is 0 Å². The van der Waals surface area contributed by atoms with Crippen LogP contribution >= 0.6 is 39.3 Å². The zero-order valence-corrected chi connectivity index (χ0v) is 12.3. The summed E-state index contributed by atoms with van der Waals surface area (Å²) in [6, 6.07) is 13.8. The largest absolute Gasteiger partial charge is 0.497 e. The second kappa shape index (κ2) is 5.80. The Balaban J connectivity index is 2.19. The molecule has 0 aromatic heterocycles. The number of rotatable bonds is 3. The summed E-state index contributed by atoms with van der Waals surface area (Å²) in [7, 11) is 1.66. The molecule has 0 spiro atoms. The molecule has 0 saturated heterocycles. The van der Waals surface area contributed by atoms with Crippen molar-refractivity contribution in [1.82, 2.24) is 0 Å². The molecule has 0 aliphatic carbocycles. The summed E-state index contributed by atoms with van der Waals surface area (Å²) in [4.78, 5) is 2.18. The maximum absolute atomic E-state index is 6.16. The van der Waals surface area contributed by atoms with Crippen LogP contribution in [0.3, 0.4) is 0 Å². The molecule has 0 amide bonds. The van der Waals surface area contributed by atoms with Crippen LogP contribution < -0.4 is 4.74 Å². The molecule has 0 saturated carbocycles. The van der Waals surface area contributed by atoms with Gasteiger partial charge in [0.25, 0.3) is 0 Å². The maximum Gasteiger partial charge on any atom is 0.118 e. The lowest BCUT2D eigenvalue weighted by atomic mass is 10.3. The fourth-order valence-electron chi connectivity index (χ4n) is 1.33. The van der Waals surface area contributed by atoms with Crippen LogP contribution in [0.2, 0.25) is 5.02 Å². The Morgan fingerprint density at radius 1 is 1.12 bits per heavy atom. The maximum atomic E-state index is 6.16. The predicted octanol–water partition coefficient (Wildman–Crippen LogP) is 5.26. The van der Waals surface area contributed by atoms with E-state index in [4.69, 9.17) is 16.3 Å². The van der Waals surface area contributed by atoms with E-state index in [2.05, 4.69) is 15.9 Å². The van der Waals surface area contributed by atoms with Crippen molar-refractivity contribution in [2.24, 2.45) is 0 Å². The third-order valence-corrected chi connectivity index (χ3v) is 4.18. The van der Waals surface area contributed by atoms with Crippen molar-refractivity contribution in [3.05, 3.63) is 52.0 Å². The van der Waals surface area contributed by atoms with Gasteiger partial charge in [-0.1, -0.05) is 39.3 Å². The van der Waals surface area contributed by atoms with Crippen molar-refractivity contribution < 1.29 is 4.74 Å². The Morgan fingerprint density at radius 2 is 1.82 bits per heavy atom. The summed E-state index contributed by atoms with van der Waals surface area (Å²) >= 11 is 11.2. The first-order chi connectivity index (χ1) is 8.19. The highest BCUT2D eigenvalue weighted by atomic mass is 79.9. The van der Waals surface area contributed by atoms with Crippen molar-refractivity contribution >= 4 is 39.3 Å². The normalized spacial score (nSPS) is 10.3. The summed E-state index contributed by atoms with van der Waals surface area (Å²) in [5.41, 5.74) is 0. The van der Waals surface area contributed by atoms with E-state index < -0.39 is 0 Å².